The zero-order valence-corrected chi connectivity index (χ0v) is 9.92. The average molecular weight is 204 g/mol. The standard InChI is InChI=1S/C10H14.C4H6O/c1-3-6-10-8-5-4-7-9(10)2;1-3-4(2)5/h4-5,7-8H,3,6H2,1-2H3;3H,1H2,2H3. The number of carbonyl (C=O) groups is 1. The zero-order valence-electron chi connectivity index (χ0n) is 9.92. The summed E-state index contributed by atoms with van der Waals surface area (Å²) < 4.78 is 0. The highest BCUT2D eigenvalue weighted by atomic mass is 16.1. The van der Waals surface area contributed by atoms with Gasteiger partial charge in [-0.25, -0.2) is 0 Å². The van der Waals surface area contributed by atoms with Gasteiger partial charge in [-0.3, -0.25) is 4.79 Å². The summed E-state index contributed by atoms with van der Waals surface area (Å²) in [6, 6.07) is 8.58. The van der Waals surface area contributed by atoms with Crippen LogP contribution in [0.4, 0.5) is 0 Å². The Morgan fingerprint density at radius 2 is 1.93 bits per heavy atom. The summed E-state index contributed by atoms with van der Waals surface area (Å²) in [5.41, 5.74) is 2.91. The molecule has 0 unspecified atom stereocenters. The second-order valence-electron chi connectivity index (χ2n) is 3.49. The van der Waals surface area contributed by atoms with Crippen LogP contribution >= 0.6 is 0 Å². The molecule has 82 valence electrons. The Hall–Kier alpha value is -1.37. The summed E-state index contributed by atoms with van der Waals surface area (Å²) in [4.78, 5) is 9.69. The van der Waals surface area contributed by atoms with Gasteiger partial charge in [0.25, 0.3) is 0 Å². The van der Waals surface area contributed by atoms with Gasteiger partial charge in [0.05, 0.1) is 0 Å². The SMILES string of the molecule is C=CC(C)=O.CCCc1ccccc1C. The topological polar surface area (TPSA) is 17.1 Å². The number of hydrogen-bond donors (Lipinski definition) is 0. The predicted octanol–water partition coefficient (Wildman–Crippen LogP) is 3.71. The van der Waals surface area contributed by atoms with Crippen molar-refractivity contribution in [2.24, 2.45) is 0 Å². The molecular weight excluding hydrogens is 184 g/mol. The Bertz CT molecular complexity index is 313. The number of hydrogen-bond acceptors (Lipinski definition) is 1. The van der Waals surface area contributed by atoms with Crippen LogP contribution in [0.5, 0.6) is 0 Å². The third kappa shape index (κ3) is 6.67. The van der Waals surface area contributed by atoms with Crippen LogP contribution in [0.15, 0.2) is 36.9 Å². The molecule has 0 saturated heterocycles. The number of allylic oxidation sites excluding steroid dienone is 1. The lowest BCUT2D eigenvalue weighted by Gasteiger charge is -2.01. The van der Waals surface area contributed by atoms with Crippen LogP contribution in [-0.4, -0.2) is 5.78 Å². The molecule has 0 aromatic heterocycles. The number of ketones is 1. The van der Waals surface area contributed by atoms with Crippen LogP contribution in [0.2, 0.25) is 0 Å². The smallest absolute Gasteiger partial charge is 0.152 e. The Balaban J connectivity index is 0.000000336. The van der Waals surface area contributed by atoms with Gasteiger partial charge in [-0.15, -0.1) is 0 Å². The third-order valence-corrected chi connectivity index (χ3v) is 2.07. The molecule has 1 aromatic carbocycles. The van der Waals surface area contributed by atoms with E-state index in [1.54, 1.807) is 0 Å². The molecule has 1 nitrogen and oxygen atoms in total. The molecular formula is C14H20O. The molecule has 0 amide bonds. The maximum atomic E-state index is 9.69. The lowest BCUT2D eigenvalue weighted by molar-refractivity contribution is -0.112. The molecule has 1 heteroatoms. The highest BCUT2D eigenvalue weighted by Crippen LogP contribution is 2.08. The molecule has 15 heavy (non-hydrogen) atoms. The lowest BCUT2D eigenvalue weighted by atomic mass is 10.1. The van der Waals surface area contributed by atoms with Crippen molar-refractivity contribution >= 4 is 5.78 Å². The molecule has 0 heterocycles. The van der Waals surface area contributed by atoms with Crippen LogP contribution in [0, 0.1) is 6.92 Å². The minimum atomic E-state index is 0.0185. The Kier molecular flexibility index (Phi) is 7.25. The van der Waals surface area contributed by atoms with Crippen LogP contribution in [0.25, 0.3) is 0 Å². The predicted molar refractivity (Wildman–Crippen MR) is 66.1 cm³/mol. The van der Waals surface area contributed by atoms with Gasteiger partial charge in [-0.1, -0.05) is 44.2 Å². The van der Waals surface area contributed by atoms with Crippen LogP contribution < -0.4 is 0 Å². The molecule has 1 rings (SSSR count). The van der Waals surface area contributed by atoms with E-state index in [2.05, 4.69) is 44.7 Å². The minimum Gasteiger partial charge on any atom is -0.295 e. The van der Waals surface area contributed by atoms with E-state index in [-0.39, 0.29) is 5.78 Å². The fraction of sp³-hybridized carbons (Fsp3) is 0.357. The number of rotatable bonds is 3. The van der Waals surface area contributed by atoms with Crippen LogP contribution in [0.1, 0.15) is 31.4 Å². The molecule has 0 aliphatic rings. The summed E-state index contributed by atoms with van der Waals surface area (Å²) in [5.74, 6) is 0.0185. The Morgan fingerprint density at radius 1 is 1.40 bits per heavy atom. The molecule has 0 aliphatic carbocycles. The minimum absolute atomic E-state index is 0.0185. The molecule has 0 bridgehead atoms. The quantitative estimate of drug-likeness (QED) is 0.686. The van der Waals surface area contributed by atoms with Gasteiger partial charge in [0, 0.05) is 0 Å². The highest BCUT2D eigenvalue weighted by Gasteiger charge is 1.92. The zero-order chi connectivity index (χ0) is 11.7. The van der Waals surface area contributed by atoms with Gasteiger partial charge in [-0.05, 0) is 37.5 Å². The first-order chi connectivity index (χ1) is 7.11. The van der Waals surface area contributed by atoms with E-state index in [0.717, 1.165) is 0 Å². The molecule has 0 spiro atoms. The van der Waals surface area contributed by atoms with E-state index in [1.165, 1.54) is 37.0 Å². The Morgan fingerprint density at radius 3 is 2.33 bits per heavy atom. The Labute approximate surface area is 92.8 Å². The van der Waals surface area contributed by atoms with E-state index < -0.39 is 0 Å². The summed E-state index contributed by atoms with van der Waals surface area (Å²) >= 11 is 0. The summed E-state index contributed by atoms with van der Waals surface area (Å²) in [6.07, 6.45) is 3.73. The molecule has 0 saturated carbocycles. The van der Waals surface area contributed by atoms with Gasteiger partial charge < -0.3 is 0 Å². The van der Waals surface area contributed by atoms with E-state index in [1.807, 2.05) is 0 Å². The van der Waals surface area contributed by atoms with Crippen LogP contribution in [0.3, 0.4) is 0 Å². The van der Waals surface area contributed by atoms with Crippen molar-refractivity contribution < 1.29 is 4.79 Å². The molecule has 1 aromatic rings. The third-order valence-electron chi connectivity index (χ3n) is 2.07. The van der Waals surface area contributed by atoms with E-state index in [0.29, 0.717) is 0 Å². The van der Waals surface area contributed by atoms with Crippen molar-refractivity contribution in [3.63, 3.8) is 0 Å². The summed E-state index contributed by atoms with van der Waals surface area (Å²) in [6.45, 7) is 9.06. The largest absolute Gasteiger partial charge is 0.295 e. The molecule has 0 aliphatic heterocycles. The lowest BCUT2D eigenvalue weighted by Crippen LogP contribution is -1.85. The fourth-order valence-electron chi connectivity index (χ4n) is 1.16. The van der Waals surface area contributed by atoms with Gasteiger partial charge in [0.15, 0.2) is 5.78 Å². The summed E-state index contributed by atoms with van der Waals surface area (Å²) in [7, 11) is 0. The van der Waals surface area contributed by atoms with Gasteiger partial charge in [0.1, 0.15) is 0 Å². The van der Waals surface area contributed by atoms with Gasteiger partial charge in [0.2, 0.25) is 0 Å². The normalized spacial score (nSPS) is 8.73. The van der Waals surface area contributed by atoms with E-state index >= 15 is 0 Å². The average Bonchev–Trinajstić information content (AvgIpc) is 2.23. The first kappa shape index (κ1) is 13.6. The maximum absolute atomic E-state index is 9.69. The first-order valence-corrected chi connectivity index (χ1v) is 5.29. The molecule has 0 fully saturated rings. The second kappa shape index (κ2) is 7.98. The fourth-order valence-corrected chi connectivity index (χ4v) is 1.16. The number of aryl methyl sites for hydroxylation is 2. The van der Waals surface area contributed by atoms with Crippen molar-refractivity contribution in [1.82, 2.24) is 0 Å². The van der Waals surface area contributed by atoms with Crippen molar-refractivity contribution in [2.45, 2.75) is 33.6 Å². The van der Waals surface area contributed by atoms with Crippen molar-refractivity contribution in [3.05, 3.63) is 48.0 Å². The maximum Gasteiger partial charge on any atom is 0.152 e. The van der Waals surface area contributed by atoms with Crippen LogP contribution in [-0.2, 0) is 11.2 Å². The first-order valence-electron chi connectivity index (χ1n) is 5.29. The van der Waals surface area contributed by atoms with Crippen molar-refractivity contribution in [1.29, 1.82) is 0 Å². The molecule has 0 radical (unpaired) electrons. The van der Waals surface area contributed by atoms with E-state index in [4.69, 9.17) is 0 Å². The summed E-state index contributed by atoms with van der Waals surface area (Å²) in [5, 5.41) is 0. The molecule has 0 atom stereocenters. The second-order valence-corrected chi connectivity index (χ2v) is 3.49. The number of benzene rings is 1. The number of carbonyl (C=O) groups excluding carboxylic acids is 1. The monoisotopic (exact) mass is 204 g/mol. The van der Waals surface area contributed by atoms with E-state index in [9.17, 15) is 4.79 Å². The van der Waals surface area contributed by atoms with Crippen molar-refractivity contribution in [2.75, 3.05) is 0 Å². The molecule has 0 N–H and O–H groups in total. The van der Waals surface area contributed by atoms with Crippen molar-refractivity contribution in [3.8, 4) is 0 Å². The highest BCUT2D eigenvalue weighted by molar-refractivity contribution is 5.86. The van der Waals surface area contributed by atoms with Gasteiger partial charge in [-0.2, -0.15) is 0 Å². The van der Waals surface area contributed by atoms with Gasteiger partial charge >= 0.3 is 0 Å².